The standard InChI is InChI=1S/C13H18N2O2/c16-12(11-7-14-9-15-8-11)10-2-5-17-13(6-10)3-1-4-13/h7-10,12,16H,1-6H2. The fourth-order valence-corrected chi connectivity index (χ4v) is 2.99. The molecule has 1 aliphatic carbocycles. The topological polar surface area (TPSA) is 55.2 Å². The third-order valence-corrected chi connectivity index (χ3v) is 4.16. The Morgan fingerprint density at radius 2 is 2.12 bits per heavy atom. The molecule has 92 valence electrons. The third-order valence-electron chi connectivity index (χ3n) is 4.16. The molecule has 1 aromatic rings. The monoisotopic (exact) mass is 234 g/mol. The van der Waals surface area contributed by atoms with E-state index in [0.29, 0.717) is 0 Å². The Kier molecular flexibility index (Phi) is 2.84. The summed E-state index contributed by atoms with van der Waals surface area (Å²) in [4.78, 5) is 7.94. The Labute approximate surface area is 101 Å². The zero-order chi connectivity index (χ0) is 11.7. The molecule has 0 bridgehead atoms. The zero-order valence-corrected chi connectivity index (χ0v) is 9.88. The lowest BCUT2D eigenvalue weighted by Crippen LogP contribution is -2.46. The maximum Gasteiger partial charge on any atom is 0.115 e. The van der Waals surface area contributed by atoms with Crippen LogP contribution in [-0.4, -0.2) is 27.3 Å². The zero-order valence-electron chi connectivity index (χ0n) is 9.88. The molecule has 2 fully saturated rings. The van der Waals surface area contributed by atoms with Crippen LogP contribution in [0.25, 0.3) is 0 Å². The van der Waals surface area contributed by atoms with E-state index >= 15 is 0 Å². The fourth-order valence-electron chi connectivity index (χ4n) is 2.99. The first-order valence-electron chi connectivity index (χ1n) is 6.36. The minimum Gasteiger partial charge on any atom is -0.388 e. The van der Waals surface area contributed by atoms with Gasteiger partial charge in [-0.15, -0.1) is 0 Å². The number of rotatable bonds is 2. The first-order chi connectivity index (χ1) is 8.29. The molecule has 0 radical (unpaired) electrons. The molecule has 0 aromatic carbocycles. The molecular weight excluding hydrogens is 216 g/mol. The molecule has 1 aromatic heterocycles. The van der Waals surface area contributed by atoms with E-state index in [9.17, 15) is 5.11 Å². The Morgan fingerprint density at radius 3 is 2.76 bits per heavy atom. The molecule has 2 unspecified atom stereocenters. The van der Waals surface area contributed by atoms with E-state index in [-0.39, 0.29) is 11.5 Å². The Bertz CT molecular complexity index is 378. The van der Waals surface area contributed by atoms with Crippen molar-refractivity contribution in [2.24, 2.45) is 5.92 Å². The summed E-state index contributed by atoms with van der Waals surface area (Å²) >= 11 is 0. The molecular formula is C13H18N2O2. The van der Waals surface area contributed by atoms with E-state index in [1.165, 1.54) is 12.7 Å². The molecule has 4 nitrogen and oxygen atoms in total. The molecule has 0 amide bonds. The summed E-state index contributed by atoms with van der Waals surface area (Å²) in [6.45, 7) is 0.773. The number of aromatic nitrogens is 2. The van der Waals surface area contributed by atoms with Crippen LogP contribution in [-0.2, 0) is 4.74 Å². The summed E-state index contributed by atoms with van der Waals surface area (Å²) in [5, 5.41) is 10.4. The van der Waals surface area contributed by atoms with Gasteiger partial charge in [-0.1, -0.05) is 0 Å². The largest absolute Gasteiger partial charge is 0.388 e. The van der Waals surface area contributed by atoms with Crippen molar-refractivity contribution in [3.8, 4) is 0 Å². The first-order valence-corrected chi connectivity index (χ1v) is 6.36. The van der Waals surface area contributed by atoms with E-state index in [1.807, 2.05) is 0 Å². The lowest BCUT2D eigenvalue weighted by molar-refractivity contribution is -0.157. The molecule has 1 aliphatic heterocycles. The minimum absolute atomic E-state index is 0.0829. The highest BCUT2D eigenvalue weighted by Gasteiger charge is 2.44. The van der Waals surface area contributed by atoms with Gasteiger partial charge >= 0.3 is 0 Å². The van der Waals surface area contributed by atoms with Crippen LogP contribution in [0.5, 0.6) is 0 Å². The van der Waals surface area contributed by atoms with Gasteiger partial charge in [-0.2, -0.15) is 0 Å². The van der Waals surface area contributed by atoms with Crippen LogP contribution in [0.4, 0.5) is 0 Å². The van der Waals surface area contributed by atoms with Gasteiger partial charge in [0.2, 0.25) is 0 Å². The van der Waals surface area contributed by atoms with Crippen molar-refractivity contribution in [1.82, 2.24) is 9.97 Å². The molecule has 1 spiro atoms. The summed E-state index contributed by atoms with van der Waals surface area (Å²) < 4.78 is 5.88. The van der Waals surface area contributed by atoms with Crippen LogP contribution in [0.2, 0.25) is 0 Å². The highest BCUT2D eigenvalue weighted by atomic mass is 16.5. The van der Waals surface area contributed by atoms with Gasteiger partial charge in [0.15, 0.2) is 0 Å². The molecule has 17 heavy (non-hydrogen) atoms. The van der Waals surface area contributed by atoms with E-state index in [0.717, 1.165) is 37.9 Å². The second-order valence-electron chi connectivity index (χ2n) is 5.25. The van der Waals surface area contributed by atoms with Crippen molar-refractivity contribution < 1.29 is 9.84 Å². The molecule has 2 aliphatic rings. The molecule has 1 saturated carbocycles. The normalized spacial score (nSPS) is 28.6. The molecule has 2 atom stereocenters. The van der Waals surface area contributed by atoms with Gasteiger partial charge in [-0.25, -0.2) is 9.97 Å². The Morgan fingerprint density at radius 1 is 1.35 bits per heavy atom. The summed E-state index contributed by atoms with van der Waals surface area (Å²) in [5.41, 5.74) is 0.911. The number of hydrogen-bond acceptors (Lipinski definition) is 4. The predicted molar refractivity (Wildman–Crippen MR) is 62.2 cm³/mol. The maximum atomic E-state index is 10.4. The minimum atomic E-state index is -0.447. The van der Waals surface area contributed by atoms with Gasteiger partial charge in [0, 0.05) is 24.6 Å². The van der Waals surface area contributed by atoms with Crippen LogP contribution < -0.4 is 0 Å². The number of aliphatic hydroxyl groups excluding tert-OH is 1. The van der Waals surface area contributed by atoms with Gasteiger partial charge in [0.25, 0.3) is 0 Å². The summed E-state index contributed by atoms with van der Waals surface area (Å²) in [6, 6.07) is 0. The van der Waals surface area contributed by atoms with Gasteiger partial charge in [-0.05, 0) is 38.0 Å². The average molecular weight is 234 g/mol. The van der Waals surface area contributed by atoms with E-state index in [2.05, 4.69) is 9.97 Å². The predicted octanol–water partition coefficient (Wildman–Crippen LogP) is 1.86. The lowest BCUT2D eigenvalue weighted by Gasteiger charge is -2.48. The second kappa shape index (κ2) is 4.35. The van der Waals surface area contributed by atoms with Crippen molar-refractivity contribution in [3.63, 3.8) is 0 Å². The van der Waals surface area contributed by atoms with E-state index < -0.39 is 6.10 Å². The fraction of sp³-hybridized carbons (Fsp3) is 0.692. The molecule has 4 heteroatoms. The first kappa shape index (κ1) is 11.1. The molecule has 1 N–H and O–H groups in total. The van der Waals surface area contributed by atoms with Crippen LogP contribution in [0, 0.1) is 5.92 Å². The maximum absolute atomic E-state index is 10.4. The van der Waals surface area contributed by atoms with Crippen molar-refractivity contribution in [1.29, 1.82) is 0 Å². The average Bonchev–Trinajstić information content (AvgIpc) is 2.37. The number of nitrogens with zero attached hydrogens (tertiary/aromatic N) is 2. The van der Waals surface area contributed by atoms with E-state index in [1.54, 1.807) is 12.4 Å². The smallest absolute Gasteiger partial charge is 0.115 e. The number of ether oxygens (including phenoxy) is 1. The summed E-state index contributed by atoms with van der Waals surface area (Å²) in [6.07, 6.45) is 9.94. The van der Waals surface area contributed by atoms with Gasteiger partial charge < -0.3 is 9.84 Å². The van der Waals surface area contributed by atoms with Crippen molar-refractivity contribution >= 4 is 0 Å². The SMILES string of the molecule is OC(c1cncnc1)C1CCOC2(CCC2)C1. The second-order valence-corrected chi connectivity index (χ2v) is 5.25. The molecule has 1 saturated heterocycles. The summed E-state index contributed by atoms with van der Waals surface area (Å²) in [5.74, 6) is 0.287. The van der Waals surface area contributed by atoms with Crippen LogP contribution in [0.3, 0.4) is 0 Å². The van der Waals surface area contributed by atoms with Crippen LogP contribution in [0.15, 0.2) is 18.7 Å². The van der Waals surface area contributed by atoms with Gasteiger partial charge in [0.05, 0.1) is 11.7 Å². The number of hydrogen-bond donors (Lipinski definition) is 1. The van der Waals surface area contributed by atoms with Gasteiger partial charge in [0.1, 0.15) is 6.33 Å². The third kappa shape index (κ3) is 2.07. The van der Waals surface area contributed by atoms with E-state index in [4.69, 9.17) is 4.74 Å². The van der Waals surface area contributed by atoms with Crippen molar-refractivity contribution in [3.05, 3.63) is 24.3 Å². The molecule has 2 heterocycles. The van der Waals surface area contributed by atoms with Crippen LogP contribution in [0.1, 0.15) is 43.8 Å². The quantitative estimate of drug-likeness (QED) is 0.848. The van der Waals surface area contributed by atoms with Crippen molar-refractivity contribution in [2.75, 3.05) is 6.61 Å². The number of aliphatic hydroxyl groups is 1. The highest BCUT2D eigenvalue weighted by molar-refractivity contribution is 5.09. The Hall–Kier alpha value is -1.00. The summed E-state index contributed by atoms with van der Waals surface area (Å²) in [7, 11) is 0. The highest BCUT2D eigenvalue weighted by Crippen LogP contribution is 2.46. The Balaban J connectivity index is 1.71. The van der Waals surface area contributed by atoms with Crippen molar-refractivity contribution in [2.45, 2.75) is 43.8 Å². The van der Waals surface area contributed by atoms with Gasteiger partial charge in [-0.3, -0.25) is 0 Å². The lowest BCUT2D eigenvalue weighted by atomic mass is 9.70. The van der Waals surface area contributed by atoms with Crippen LogP contribution >= 0.6 is 0 Å². The molecule has 3 rings (SSSR count).